The van der Waals surface area contributed by atoms with Gasteiger partial charge in [-0.25, -0.2) is 0 Å². The van der Waals surface area contributed by atoms with Gasteiger partial charge in [-0.2, -0.15) is 0 Å². The topological polar surface area (TPSA) is 117 Å². The van der Waals surface area contributed by atoms with Crippen molar-refractivity contribution < 1.29 is 23.9 Å². The van der Waals surface area contributed by atoms with Crippen molar-refractivity contribution >= 4 is 30.3 Å². The second-order valence-electron chi connectivity index (χ2n) is 6.77. The SMILES string of the molecule is CNC(=O)C(CN1Cc2cc(OC)ccc2C1=O)(NC=O)c1ccc(NC=O)cc1. The summed E-state index contributed by atoms with van der Waals surface area (Å²) in [5.41, 5.74) is 0.784. The van der Waals surface area contributed by atoms with E-state index in [0.29, 0.717) is 35.4 Å². The summed E-state index contributed by atoms with van der Waals surface area (Å²) in [6.07, 6.45) is 0.975. The Hall–Kier alpha value is -3.88. The number of anilines is 1. The van der Waals surface area contributed by atoms with E-state index < -0.39 is 11.4 Å². The average molecular weight is 410 g/mol. The number of methoxy groups -OCH3 is 1. The smallest absolute Gasteiger partial charge is 0.254 e. The zero-order chi connectivity index (χ0) is 21.7. The second-order valence-corrected chi connectivity index (χ2v) is 6.77. The Labute approximate surface area is 173 Å². The molecular formula is C21H22N4O5. The fourth-order valence-corrected chi connectivity index (χ4v) is 3.62. The molecule has 1 unspecified atom stereocenters. The molecule has 1 aliphatic rings. The van der Waals surface area contributed by atoms with E-state index >= 15 is 0 Å². The first-order chi connectivity index (χ1) is 14.5. The Bertz CT molecular complexity index is 976. The van der Waals surface area contributed by atoms with Gasteiger partial charge in [-0.15, -0.1) is 0 Å². The molecule has 1 atom stereocenters. The monoisotopic (exact) mass is 410 g/mol. The van der Waals surface area contributed by atoms with Gasteiger partial charge in [0.15, 0.2) is 5.54 Å². The van der Waals surface area contributed by atoms with Crippen molar-refractivity contribution in [3.05, 3.63) is 59.2 Å². The molecule has 3 rings (SSSR count). The number of fused-ring (bicyclic) bond motifs is 1. The van der Waals surface area contributed by atoms with Crippen LogP contribution >= 0.6 is 0 Å². The van der Waals surface area contributed by atoms with Crippen molar-refractivity contribution in [2.75, 3.05) is 26.0 Å². The molecule has 0 radical (unpaired) electrons. The highest BCUT2D eigenvalue weighted by atomic mass is 16.5. The van der Waals surface area contributed by atoms with Gasteiger partial charge in [-0.3, -0.25) is 19.2 Å². The minimum Gasteiger partial charge on any atom is -0.497 e. The second kappa shape index (κ2) is 8.64. The highest BCUT2D eigenvalue weighted by Gasteiger charge is 2.44. The minimum absolute atomic E-state index is 0.0816. The van der Waals surface area contributed by atoms with E-state index in [-0.39, 0.29) is 19.0 Å². The number of carbonyl (C=O) groups is 4. The summed E-state index contributed by atoms with van der Waals surface area (Å²) in [5.74, 6) is -0.0925. The van der Waals surface area contributed by atoms with Crippen molar-refractivity contribution in [1.82, 2.24) is 15.5 Å². The van der Waals surface area contributed by atoms with Crippen LogP contribution in [-0.2, 0) is 26.5 Å². The van der Waals surface area contributed by atoms with Crippen LogP contribution in [0.4, 0.5) is 5.69 Å². The molecule has 1 heterocycles. The van der Waals surface area contributed by atoms with Crippen molar-refractivity contribution in [3.63, 3.8) is 0 Å². The lowest BCUT2D eigenvalue weighted by Gasteiger charge is -2.35. The number of carbonyl (C=O) groups excluding carboxylic acids is 4. The molecule has 9 nitrogen and oxygen atoms in total. The maximum absolute atomic E-state index is 12.9. The summed E-state index contributed by atoms with van der Waals surface area (Å²) in [7, 11) is 3.00. The van der Waals surface area contributed by atoms with Crippen molar-refractivity contribution in [2.24, 2.45) is 0 Å². The number of hydrogen-bond donors (Lipinski definition) is 3. The Kier molecular flexibility index (Phi) is 6.01. The molecular weight excluding hydrogens is 388 g/mol. The molecule has 3 N–H and O–H groups in total. The predicted molar refractivity (Wildman–Crippen MR) is 109 cm³/mol. The van der Waals surface area contributed by atoms with Crippen molar-refractivity contribution in [1.29, 1.82) is 0 Å². The predicted octanol–water partition coefficient (Wildman–Crippen LogP) is 0.607. The van der Waals surface area contributed by atoms with E-state index in [9.17, 15) is 19.2 Å². The molecule has 156 valence electrons. The summed E-state index contributed by atoms with van der Waals surface area (Å²) in [6, 6.07) is 11.6. The Balaban J connectivity index is 1.99. The first-order valence-electron chi connectivity index (χ1n) is 9.19. The number of benzene rings is 2. The number of nitrogens with zero attached hydrogens (tertiary/aromatic N) is 1. The minimum atomic E-state index is -1.52. The molecule has 0 saturated heterocycles. The van der Waals surface area contributed by atoms with Gasteiger partial charge < -0.3 is 25.6 Å². The third-order valence-corrected chi connectivity index (χ3v) is 5.14. The van der Waals surface area contributed by atoms with Crippen LogP contribution in [0.1, 0.15) is 21.5 Å². The van der Waals surface area contributed by atoms with E-state index in [1.807, 2.05) is 0 Å². The van der Waals surface area contributed by atoms with Gasteiger partial charge in [0.1, 0.15) is 5.75 Å². The molecule has 4 amide bonds. The molecule has 2 aromatic carbocycles. The van der Waals surface area contributed by atoms with E-state index in [2.05, 4.69) is 16.0 Å². The molecule has 0 fully saturated rings. The van der Waals surface area contributed by atoms with Gasteiger partial charge >= 0.3 is 0 Å². The zero-order valence-electron chi connectivity index (χ0n) is 16.6. The largest absolute Gasteiger partial charge is 0.497 e. The molecule has 0 bridgehead atoms. The van der Waals surface area contributed by atoms with Crippen LogP contribution in [-0.4, -0.2) is 50.2 Å². The summed E-state index contributed by atoms with van der Waals surface area (Å²) in [6.45, 7) is 0.192. The summed E-state index contributed by atoms with van der Waals surface area (Å²) in [5, 5.41) is 7.69. The number of nitrogens with one attached hydrogen (secondary N) is 3. The first-order valence-corrected chi connectivity index (χ1v) is 9.19. The molecule has 0 aliphatic carbocycles. The van der Waals surface area contributed by atoms with Crippen LogP contribution < -0.4 is 20.7 Å². The van der Waals surface area contributed by atoms with Crippen LogP contribution in [0, 0.1) is 0 Å². The Morgan fingerprint density at radius 1 is 1.17 bits per heavy atom. The fourth-order valence-electron chi connectivity index (χ4n) is 3.62. The van der Waals surface area contributed by atoms with Gasteiger partial charge in [0.05, 0.1) is 13.7 Å². The Morgan fingerprint density at radius 2 is 1.90 bits per heavy atom. The van der Waals surface area contributed by atoms with E-state index in [4.69, 9.17) is 4.74 Å². The summed E-state index contributed by atoms with van der Waals surface area (Å²) >= 11 is 0. The molecule has 9 heteroatoms. The van der Waals surface area contributed by atoms with E-state index in [1.165, 1.54) is 11.9 Å². The fraction of sp³-hybridized carbons (Fsp3) is 0.238. The van der Waals surface area contributed by atoms with Crippen molar-refractivity contribution in [3.8, 4) is 5.75 Å². The first kappa shape index (κ1) is 20.8. The summed E-state index contributed by atoms with van der Waals surface area (Å²) < 4.78 is 5.22. The Morgan fingerprint density at radius 3 is 2.50 bits per heavy atom. The van der Waals surface area contributed by atoms with E-state index in [1.54, 1.807) is 49.6 Å². The van der Waals surface area contributed by atoms with Crippen LogP contribution in [0.25, 0.3) is 0 Å². The van der Waals surface area contributed by atoms with Gasteiger partial charge in [-0.05, 0) is 41.5 Å². The van der Waals surface area contributed by atoms with Crippen LogP contribution in [0.2, 0.25) is 0 Å². The quantitative estimate of drug-likeness (QED) is 0.524. The van der Waals surface area contributed by atoms with Gasteiger partial charge in [0, 0.05) is 24.8 Å². The van der Waals surface area contributed by atoms with Gasteiger partial charge in [0.25, 0.3) is 11.8 Å². The third-order valence-electron chi connectivity index (χ3n) is 5.14. The highest BCUT2D eigenvalue weighted by molar-refractivity contribution is 5.99. The maximum atomic E-state index is 12.9. The lowest BCUT2D eigenvalue weighted by Crippen LogP contribution is -2.59. The normalized spacial score (nSPS) is 14.3. The number of ether oxygens (including phenoxy) is 1. The van der Waals surface area contributed by atoms with Crippen LogP contribution in [0.3, 0.4) is 0 Å². The lowest BCUT2D eigenvalue weighted by atomic mass is 9.87. The van der Waals surface area contributed by atoms with Gasteiger partial charge in [0.2, 0.25) is 12.8 Å². The molecule has 0 spiro atoms. The van der Waals surface area contributed by atoms with Gasteiger partial charge in [-0.1, -0.05) is 12.1 Å². The average Bonchev–Trinajstić information content (AvgIpc) is 3.07. The zero-order valence-corrected chi connectivity index (χ0v) is 16.6. The lowest BCUT2D eigenvalue weighted by molar-refractivity contribution is -0.131. The third kappa shape index (κ3) is 3.69. The van der Waals surface area contributed by atoms with Crippen LogP contribution in [0.5, 0.6) is 5.75 Å². The summed E-state index contributed by atoms with van der Waals surface area (Å²) in [4.78, 5) is 49.5. The standard InChI is InChI=1S/C21H22N4O5/c1-22-20(29)21(24-13-27,15-3-5-16(6-4-15)23-12-26)11-25-10-14-9-17(30-2)7-8-18(14)19(25)28/h3-9,12-13H,10-11H2,1-2H3,(H,22,29)(H,23,26)(H,24,27). The number of rotatable bonds is 9. The molecule has 2 aromatic rings. The van der Waals surface area contributed by atoms with Crippen molar-refractivity contribution in [2.45, 2.75) is 12.1 Å². The molecule has 0 aromatic heterocycles. The number of hydrogen-bond acceptors (Lipinski definition) is 5. The number of likely N-dealkylation sites (N-methyl/N-ethyl adjacent to an activating group) is 1. The number of amides is 4. The van der Waals surface area contributed by atoms with Crippen LogP contribution in [0.15, 0.2) is 42.5 Å². The van der Waals surface area contributed by atoms with E-state index in [0.717, 1.165) is 5.56 Å². The molecule has 30 heavy (non-hydrogen) atoms. The maximum Gasteiger partial charge on any atom is 0.254 e. The highest BCUT2D eigenvalue weighted by Crippen LogP contribution is 2.31. The molecule has 0 saturated carbocycles. The molecule has 1 aliphatic heterocycles.